The third-order valence-electron chi connectivity index (χ3n) is 5.86. The molecule has 30 heavy (non-hydrogen) atoms. The lowest BCUT2D eigenvalue weighted by Crippen LogP contribution is -2.43. The molecule has 0 atom stereocenters. The van der Waals surface area contributed by atoms with E-state index in [0.717, 1.165) is 25.9 Å². The number of anilines is 1. The largest absolute Gasteiger partial charge is 0.366 e. The fourth-order valence-electron chi connectivity index (χ4n) is 4.16. The van der Waals surface area contributed by atoms with Gasteiger partial charge in [-0.1, -0.05) is 47.5 Å². The van der Waals surface area contributed by atoms with Crippen LogP contribution < -0.4 is 4.90 Å². The number of likely N-dealkylation sites (N-methyl/N-ethyl adjacent to an activating group) is 1. The van der Waals surface area contributed by atoms with Gasteiger partial charge in [0.15, 0.2) is 0 Å². The molecule has 1 fully saturated rings. The first-order valence-electron chi connectivity index (χ1n) is 9.93. The summed E-state index contributed by atoms with van der Waals surface area (Å²) in [6.07, 6.45) is 1.84. The van der Waals surface area contributed by atoms with E-state index in [2.05, 4.69) is 11.9 Å². The van der Waals surface area contributed by atoms with Gasteiger partial charge in [-0.15, -0.1) is 0 Å². The minimum atomic E-state index is -0.370. The number of imide groups is 1. The third-order valence-corrected chi connectivity index (χ3v) is 6.41. The van der Waals surface area contributed by atoms with Gasteiger partial charge in [0.05, 0.1) is 16.3 Å². The van der Waals surface area contributed by atoms with E-state index in [-0.39, 0.29) is 17.9 Å². The Morgan fingerprint density at radius 1 is 0.967 bits per heavy atom. The smallest absolute Gasteiger partial charge is 0.282 e. The van der Waals surface area contributed by atoms with Crippen molar-refractivity contribution in [2.45, 2.75) is 18.9 Å². The van der Waals surface area contributed by atoms with Gasteiger partial charge < -0.3 is 9.80 Å². The normalized spacial score (nSPS) is 18.5. The van der Waals surface area contributed by atoms with Crippen LogP contribution in [-0.2, 0) is 9.59 Å². The van der Waals surface area contributed by atoms with Crippen molar-refractivity contribution in [2.75, 3.05) is 32.1 Å². The van der Waals surface area contributed by atoms with Gasteiger partial charge >= 0.3 is 0 Å². The van der Waals surface area contributed by atoms with Gasteiger partial charge in [0.2, 0.25) is 0 Å². The fourth-order valence-corrected chi connectivity index (χ4v) is 4.66. The number of amides is 2. The second kappa shape index (κ2) is 8.42. The van der Waals surface area contributed by atoms with E-state index in [1.165, 1.54) is 4.90 Å². The van der Waals surface area contributed by atoms with E-state index < -0.39 is 0 Å². The van der Waals surface area contributed by atoms with Gasteiger partial charge in [-0.25, -0.2) is 4.90 Å². The maximum Gasteiger partial charge on any atom is 0.282 e. The maximum atomic E-state index is 13.6. The lowest BCUT2D eigenvalue weighted by Gasteiger charge is -2.36. The predicted molar refractivity (Wildman–Crippen MR) is 121 cm³/mol. The molecular weight excluding hydrogens is 421 g/mol. The molecule has 5 nitrogen and oxygen atoms in total. The number of para-hydroxylation sites is 1. The minimum Gasteiger partial charge on any atom is -0.366 e. The standard InChI is InChI=1S/C23H23Cl2N3O2/c1-26-12-10-16(11-13-26)27(2)21-20(18-9-8-15(24)14-19(18)25)22(29)28(23(21)30)17-6-4-3-5-7-17/h3-9,14,16H,10-13H2,1-2H3. The molecule has 0 radical (unpaired) electrons. The maximum absolute atomic E-state index is 13.6. The number of carbonyl (C=O) groups is 2. The van der Waals surface area contributed by atoms with Crippen LogP contribution in [0.5, 0.6) is 0 Å². The van der Waals surface area contributed by atoms with Gasteiger partial charge in [-0.2, -0.15) is 0 Å². The highest BCUT2D eigenvalue weighted by atomic mass is 35.5. The summed E-state index contributed by atoms with van der Waals surface area (Å²) >= 11 is 12.5. The summed E-state index contributed by atoms with van der Waals surface area (Å²) < 4.78 is 0. The molecule has 2 aromatic carbocycles. The van der Waals surface area contributed by atoms with Crippen molar-refractivity contribution in [1.82, 2.24) is 9.80 Å². The number of carbonyl (C=O) groups excluding carboxylic acids is 2. The number of rotatable bonds is 4. The summed E-state index contributed by atoms with van der Waals surface area (Å²) in [6.45, 7) is 1.90. The highest BCUT2D eigenvalue weighted by molar-refractivity contribution is 6.47. The van der Waals surface area contributed by atoms with Crippen molar-refractivity contribution in [1.29, 1.82) is 0 Å². The van der Waals surface area contributed by atoms with Gasteiger partial charge in [-0.3, -0.25) is 9.59 Å². The molecule has 2 aliphatic heterocycles. The van der Waals surface area contributed by atoms with Crippen LogP contribution >= 0.6 is 23.2 Å². The Balaban J connectivity index is 1.82. The van der Waals surface area contributed by atoms with Crippen molar-refractivity contribution < 1.29 is 9.59 Å². The molecule has 0 aromatic heterocycles. The first-order chi connectivity index (χ1) is 14.4. The zero-order chi connectivity index (χ0) is 21.4. The monoisotopic (exact) mass is 443 g/mol. The molecule has 0 aliphatic carbocycles. The van der Waals surface area contributed by atoms with Crippen LogP contribution in [0.25, 0.3) is 5.57 Å². The summed E-state index contributed by atoms with van der Waals surface area (Å²) in [4.78, 5) is 32.6. The van der Waals surface area contributed by atoms with Crippen LogP contribution in [0.2, 0.25) is 10.0 Å². The van der Waals surface area contributed by atoms with E-state index in [0.29, 0.717) is 32.6 Å². The number of hydrogen-bond acceptors (Lipinski definition) is 4. The van der Waals surface area contributed by atoms with E-state index in [9.17, 15) is 9.59 Å². The molecule has 0 unspecified atom stereocenters. The average Bonchev–Trinajstić information content (AvgIpc) is 2.99. The molecular formula is C23H23Cl2N3O2. The second-order valence-corrected chi connectivity index (χ2v) is 8.62. The highest BCUT2D eigenvalue weighted by Crippen LogP contribution is 2.39. The fraction of sp³-hybridized carbons (Fsp3) is 0.304. The lowest BCUT2D eigenvalue weighted by molar-refractivity contribution is -0.120. The molecule has 0 N–H and O–H groups in total. The Morgan fingerprint density at radius 2 is 1.63 bits per heavy atom. The lowest BCUT2D eigenvalue weighted by atomic mass is 10.00. The number of nitrogens with zero attached hydrogens (tertiary/aromatic N) is 3. The summed E-state index contributed by atoms with van der Waals surface area (Å²) in [5, 5.41) is 0.828. The minimum absolute atomic E-state index is 0.171. The highest BCUT2D eigenvalue weighted by Gasteiger charge is 2.43. The molecule has 2 aliphatic rings. The first-order valence-corrected chi connectivity index (χ1v) is 10.7. The van der Waals surface area contributed by atoms with E-state index in [1.807, 2.05) is 30.1 Å². The molecule has 2 heterocycles. The van der Waals surface area contributed by atoms with Crippen LogP contribution in [-0.4, -0.2) is 54.8 Å². The quantitative estimate of drug-likeness (QED) is 0.660. The summed E-state index contributed by atoms with van der Waals surface area (Å²) in [5.74, 6) is -0.696. The van der Waals surface area contributed by atoms with Crippen LogP contribution in [0.1, 0.15) is 18.4 Å². The SMILES string of the molecule is CN1CCC(N(C)C2=C(c3ccc(Cl)cc3Cl)C(=O)N(c3ccccc3)C2=O)CC1. The van der Waals surface area contributed by atoms with Gasteiger partial charge in [-0.05, 0) is 57.2 Å². The van der Waals surface area contributed by atoms with Crippen LogP contribution in [0.3, 0.4) is 0 Å². The average molecular weight is 444 g/mol. The van der Waals surface area contributed by atoms with E-state index in [1.54, 1.807) is 30.3 Å². The third kappa shape index (κ3) is 3.73. The summed E-state index contributed by atoms with van der Waals surface area (Å²) in [6, 6.07) is 14.2. The Kier molecular flexibility index (Phi) is 5.87. The molecule has 2 amide bonds. The van der Waals surface area contributed by atoms with Gasteiger partial charge in [0.25, 0.3) is 11.8 Å². The van der Waals surface area contributed by atoms with Gasteiger partial charge in [0.1, 0.15) is 5.70 Å². The van der Waals surface area contributed by atoms with Crippen molar-refractivity contribution in [2.24, 2.45) is 0 Å². The molecule has 0 spiro atoms. The topological polar surface area (TPSA) is 43.9 Å². The number of halogens is 2. The number of piperidine rings is 1. The van der Waals surface area contributed by atoms with E-state index >= 15 is 0 Å². The Bertz CT molecular complexity index is 1010. The van der Waals surface area contributed by atoms with Crippen LogP contribution in [0.4, 0.5) is 5.69 Å². The number of hydrogen-bond donors (Lipinski definition) is 0. The summed E-state index contributed by atoms with van der Waals surface area (Å²) in [7, 11) is 3.99. The molecule has 4 rings (SSSR count). The van der Waals surface area contributed by atoms with Crippen molar-refractivity contribution in [3.05, 3.63) is 69.8 Å². The number of likely N-dealkylation sites (tertiary alicyclic amines) is 1. The zero-order valence-electron chi connectivity index (χ0n) is 16.9. The molecule has 0 bridgehead atoms. The molecule has 7 heteroatoms. The van der Waals surface area contributed by atoms with Crippen LogP contribution in [0.15, 0.2) is 54.2 Å². The summed E-state index contributed by atoms with van der Waals surface area (Å²) in [5.41, 5.74) is 1.78. The second-order valence-electron chi connectivity index (χ2n) is 7.77. The Hall–Kier alpha value is -2.34. The van der Waals surface area contributed by atoms with Gasteiger partial charge in [0, 0.05) is 23.7 Å². The Labute approximate surface area is 186 Å². The predicted octanol–water partition coefficient (Wildman–Crippen LogP) is 4.30. The van der Waals surface area contributed by atoms with Crippen molar-refractivity contribution >= 4 is 46.3 Å². The van der Waals surface area contributed by atoms with Crippen LogP contribution in [0, 0.1) is 0 Å². The molecule has 2 aromatic rings. The zero-order valence-corrected chi connectivity index (χ0v) is 18.5. The Morgan fingerprint density at radius 3 is 2.27 bits per heavy atom. The van der Waals surface area contributed by atoms with Crippen molar-refractivity contribution in [3.8, 4) is 0 Å². The molecule has 1 saturated heterocycles. The molecule has 156 valence electrons. The number of benzene rings is 2. The van der Waals surface area contributed by atoms with Crippen molar-refractivity contribution in [3.63, 3.8) is 0 Å². The van der Waals surface area contributed by atoms with E-state index in [4.69, 9.17) is 23.2 Å². The molecule has 0 saturated carbocycles. The first kappa shape index (κ1) is 20.9.